The lowest BCUT2D eigenvalue weighted by Gasteiger charge is -2.11. The minimum atomic E-state index is -4.28. The Morgan fingerprint density at radius 3 is 2.70 bits per heavy atom. The Morgan fingerprint density at radius 2 is 2.00 bits per heavy atom. The summed E-state index contributed by atoms with van der Waals surface area (Å²) >= 11 is 0. The average Bonchev–Trinajstić information content (AvgIpc) is 2.40. The van der Waals surface area contributed by atoms with Crippen molar-refractivity contribution in [2.45, 2.75) is 12.7 Å². The van der Waals surface area contributed by atoms with Crippen LogP contribution in [0.3, 0.4) is 0 Å². The summed E-state index contributed by atoms with van der Waals surface area (Å²) in [5, 5.41) is 2.98. The van der Waals surface area contributed by atoms with Crippen LogP contribution in [0.5, 0.6) is 5.75 Å². The maximum absolute atomic E-state index is 11.8. The zero-order valence-electron chi connectivity index (χ0n) is 10.9. The first-order valence-electron chi connectivity index (χ1n) is 6.02. The summed E-state index contributed by atoms with van der Waals surface area (Å²) < 4.78 is 45.3. The molecule has 0 heterocycles. The van der Waals surface area contributed by atoms with E-state index in [4.69, 9.17) is 11.2 Å². The second kappa shape index (κ2) is 8.46. The zero-order chi connectivity index (χ0) is 14.8. The number of hydrogen-bond donors (Lipinski definition) is 1. The molecule has 0 aliphatic heterocycles. The van der Waals surface area contributed by atoms with Gasteiger partial charge in [0.2, 0.25) is 0 Å². The van der Waals surface area contributed by atoms with Crippen molar-refractivity contribution < 1.29 is 22.6 Å². The van der Waals surface area contributed by atoms with Crippen LogP contribution < -0.4 is 10.1 Å². The van der Waals surface area contributed by atoms with Crippen LogP contribution in [0, 0.1) is 12.3 Å². The van der Waals surface area contributed by atoms with Gasteiger partial charge in [0, 0.05) is 18.7 Å². The fraction of sp³-hybridized carbons (Fsp3) is 0.429. The molecule has 0 fully saturated rings. The van der Waals surface area contributed by atoms with Crippen LogP contribution in [-0.4, -0.2) is 32.5 Å². The predicted molar refractivity (Wildman–Crippen MR) is 69.4 cm³/mol. The molecule has 1 rings (SSSR count). The quantitative estimate of drug-likeness (QED) is 0.588. The highest BCUT2D eigenvalue weighted by atomic mass is 19.4. The standard InChI is InChI=1S/C14H16F3NO2/c1-2-8-20-13-6-4-3-5-12(13)10-18-7-9-19-11-14(15,16)17/h1,3-6,18H,7-11H2. The molecular formula is C14H16F3NO2. The number of benzene rings is 1. The number of rotatable bonds is 8. The van der Waals surface area contributed by atoms with Crippen molar-refractivity contribution in [3.05, 3.63) is 29.8 Å². The lowest BCUT2D eigenvalue weighted by atomic mass is 10.2. The van der Waals surface area contributed by atoms with Gasteiger partial charge in [-0.2, -0.15) is 13.2 Å². The molecule has 20 heavy (non-hydrogen) atoms. The minimum absolute atomic E-state index is 0.00705. The molecule has 0 atom stereocenters. The third kappa shape index (κ3) is 7.02. The number of alkyl halides is 3. The van der Waals surface area contributed by atoms with Crippen LogP contribution in [-0.2, 0) is 11.3 Å². The Labute approximate surface area is 116 Å². The molecule has 1 aromatic carbocycles. The molecule has 0 amide bonds. The summed E-state index contributed by atoms with van der Waals surface area (Å²) in [6, 6.07) is 7.31. The lowest BCUT2D eigenvalue weighted by Crippen LogP contribution is -2.23. The van der Waals surface area contributed by atoms with Crippen molar-refractivity contribution >= 4 is 0 Å². The van der Waals surface area contributed by atoms with Crippen molar-refractivity contribution in [2.75, 3.05) is 26.4 Å². The third-order valence-electron chi connectivity index (χ3n) is 2.29. The van der Waals surface area contributed by atoms with Crippen molar-refractivity contribution in [3.63, 3.8) is 0 Å². The van der Waals surface area contributed by atoms with Crippen LogP contribution in [0.2, 0.25) is 0 Å². The van der Waals surface area contributed by atoms with Crippen LogP contribution in [0.25, 0.3) is 0 Å². The maximum atomic E-state index is 11.8. The topological polar surface area (TPSA) is 30.5 Å². The van der Waals surface area contributed by atoms with Crippen LogP contribution in [0.1, 0.15) is 5.56 Å². The van der Waals surface area contributed by atoms with Gasteiger partial charge >= 0.3 is 6.18 Å². The molecule has 3 nitrogen and oxygen atoms in total. The molecule has 0 saturated heterocycles. The number of para-hydroxylation sites is 1. The smallest absolute Gasteiger partial charge is 0.411 e. The molecule has 6 heteroatoms. The van der Waals surface area contributed by atoms with E-state index in [0.717, 1.165) is 5.56 Å². The van der Waals surface area contributed by atoms with E-state index in [0.29, 0.717) is 18.8 Å². The Bertz CT molecular complexity index is 441. The molecule has 0 radical (unpaired) electrons. The van der Waals surface area contributed by atoms with E-state index < -0.39 is 12.8 Å². The van der Waals surface area contributed by atoms with E-state index >= 15 is 0 Å². The summed E-state index contributed by atoms with van der Waals surface area (Å²) in [7, 11) is 0. The fourth-order valence-electron chi connectivity index (χ4n) is 1.47. The minimum Gasteiger partial charge on any atom is -0.481 e. The van der Waals surface area contributed by atoms with Crippen molar-refractivity contribution in [1.29, 1.82) is 0 Å². The molecular weight excluding hydrogens is 271 g/mol. The normalized spacial score (nSPS) is 11.1. The molecule has 0 aromatic heterocycles. The second-order valence-corrected chi connectivity index (χ2v) is 3.95. The molecule has 0 aliphatic carbocycles. The number of ether oxygens (including phenoxy) is 2. The Morgan fingerprint density at radius 1 is 1.25 bits per heavy atom. The van der Waals surface area contributed by atoms with Crippen LogP contribution in [0.15, 0.2) is 24.3 Å². The van der Waals surface area contributed by atoms with Gasteiger partial charge in [-0.25, -0.2) is 0 Å². The average molecular weight is 287 g/mol. The Kier molecular flexibility index (Phi) is 6.91. The lowest BCUT2D eigenvalue weighted by molar-refractivity contribution is -0.173. The van der Waals surface area contributed by atoms with E-state index in [9.17, 15) is 13.2 Å². The van der Waals surface area contributed by atoms with Gasteiger partial charge in [0.25, 0.3) is 0 Å². The maximum Gasteiger partial charge on any atom is 0.411 e. The van der Waals surface area contributed by atoms with Crippen LogP contribution >= 0.6 is 0 Å². The summed E-state index contributed by atoms with van der Waals surface area (Å²) in [6.45, 7) is -0.273. The van der Waals surface area contributed by atoms with Gasteiger partial charge in [0.15, 0.2) is 0 Å². The monoisotopic (exact) mass is 287 g/mol. The van der Waals surface area contributed by atoms with Crippen molar-refractivity contribution in [3.8, 4) is 18.1 Å². The SMILES string of the molecule is C#CCOc1ccccc1CNCCOCC(F)(F)F. The van der Waals surface area contributed by atoms with Gasteiger partial charge in [0.05, 0.1) is 6.61 Å². The number of halogens is 3. The molecule has 0 saturated carbocycles. The van der Waals surface area contributed by atoms with E-state index in [2.05, 4.69) is 16.0 Å². The van der Waals surface area contributed by atoms with Gasteiger partial charge in [-0.05, 0) is 6.07 Å². The molecule has 110 valence electrons. The number of nitrogens with one attached hydrogen (secondary N) is 1. The summed E-state index contributed by atoms with van der Waals surface area (Å²) in [5.74, 6) is 3.03. The fourth-order valence-corrected chi connectivity index (χ4v) is 1.47. The highest BCUT2D eigenvalue weighted by Crippen LogP contribution is 2.17. The van der Waals surface area contributed by atoms with Gasteiger partial charge in [-0.3, -0.25) is 0 Å². The molecule has 1 aromatic rings. The Hall–Kier alpha value is -1.71. The summed E-state index contributed by atoms with van der Waals surface area (Å²) in [6.07, 6.45) is 0.835. The van der Waals surface area contributed by atoms with Crippen LogP contribution in [0.4, 0.5) is 13.2 Å². The number of terminal acetylenes is 1. The number of hydrogen-bond acceptors (Lipinski definition) is 3. The zero-order valence-corrected chi connectivity index (χ0v) is 10.9. The highest BCUT2D eigenvalue weighted by molar-refractivity contribution is 5.33. The summed E-state index contributed by atoms with van der Waals surface area (Å²) in [4.78, 5) is 0. The van der Waals surface area contributed by atoms with Gasteiger partial charge in [-0.1, -0.05) is 24.1 Å². The van der Waals surface area contributed by atoms with E-state index in [-0.39, 0.29) is 13.2 Å². The van der Waals surface area contributed by atoms with E-state index in [1.165, 1.54) is 0 Å². The van der Waals surface area contributed by atoms with Gasteiger partial charge < -0.3 is 14.8 Å². The highest BCUT2D eigenvalue weighted by Gasteiger charge is 2.27. The molecule has 1 N–H and O–H groups in total. The molecule has 0 aliphatic rings. The van der Waals surface area contributed by atoms with Crippen molar-refractivity contribution in [1.82, 2.24) is 5.32 Å². The Balaban J connectivity index is 2.26. The largest absolute Gasteiger partial charge is 0.481 e. The van der Waals surface area contributed by atoms with E-state index in [1.807, 2.05) is 18.2 Å². The first-order chi connectivity index (χ1) is 9.53. The first-order valence-corrected chi connectivity index (χ1v) is 6.02. The molecule has 0 unspecified atom stereocenters. The molecule has 0 spiro atoms. The molecule has 0 bridgehead atoms. The summed E-state index contributed by atoms with van der Waals surface area (Å²) in [5.41, 5.74) is 0.888. The second-order valence-electron chi connectivity index (χ2n) is 3.95. The third-order valence-corrected chi connectivity index (χ3v) is 2.29. The van der Waals surface area contributed by atoms with Gasteiger partial charge in [-0.15, -0.1) is 6.42 Å². The first kappa shape index (κ1) is 16.3. The van der Waals surface area contributed by atoms with Gasteiger partial charge in [0.1, 0.15) is 19.0 Å². The predicted octanol–water partition coefficient (Wildman–Crippen LogP) is 2.37. The van der Waals surface area contributed by atoms with Crippen molar-refractivity contribution in [2.24, 2.45) is 0 Å². The van der Waals surface area contributed by atoms with E-state index in [1.54, 1.807) is 6.07 Å².